The zero-order valence-corrected chi connectivity index (χ0v) is 8.12. The van der Waals surface area contributed by atoms with E-state index in [2.05, 4.69) is 29.9 Å². The summed E-state index contributed by atoms with van der Waals surface area (Å²) in [6, 6.07) is 4.15. The number of pyridine rings is 1. The fourth-order valence-corrected chi connectivity index (χ4v) is 1.70. The van der Waals surface area contributed by atoms with Crippen LogP contribution < -0.4 is 0 Å². The highest BCUT2D eigenvalue weighted by Gasteiger charge is 2.16. The number of hydrogen-bond donors (Lipinski definition) is 0. The summed E-state index contributed by atoms with van der Waals surface area (Å²) in [5.74, 6) is 0.481. The van der Waals surface area contributed by atoms with Crippen molar-refractivity contribution in [2.24, 2.45) is 10.9 Å². The molecule has 0 unspecified atom stereocenters. The molecule has 1 aliphatic heterocycles. The monoisotopic (exact) mass is 174 g/mol. The van der Waals surface area contributed by atoms with Crippen LogP contribution in [0, 0.1) is 5.92 Å². The molecular formula is C11H14N2. The second-order valence-electron chi connectivity index (χ2n) is 3.68. The van der Waals surface area contributed by atoms with E-state index in [0.717, 1.165) is 18.7 Å². The Kier molecular flexibility index (Phi) is 2.13. The number of fused-ring (bicyclic) bond motifs is 1. The highest BCUT2D eigenvalue weighted by molar-refractivity contribution is 6.02. The summed E-state index contributed by atoms with van der Waals surface area (Å²) in [5, 5.41) is 0. The van der Waals surface area contributed by atoms with Crippen molar-refractivity contribution in [3.05, 3.63) is 29.6 Å². The van der Waals surface area contributed by atoms with Crippen molar-refractivity contribution in [2.75, 3.05) is 6.54 Å². The molecule has 0 spiro atoms. The van der Waals surface area contributed by atoms with Gasteiger partial charge in [-0.15, -0.1) is 0 Å². The van der Waals surface area contributed by atoms with Crippen molar-refractivity contribution >= 4 is 5.71 Å². The van der Waals surface area contributed by atoms with Crippen LogP contribution in [-0.2, 0) is 6.42 Å². The largest absolute Gasteiger partial charge is 0.287 e. The summed E-state index contributed by atoms with van der Waals surface area (Å²) in [5.41, 5.74) is 3.63. The molecule has 0 atom stereocenters. The van der Waals surface area contributed by atoms with Gasteiger partial charge in [-0.2, -0.15) is 0 Å². The summed E-state index contributed by atoms with van der Waals surface area (Å²) in [6.07, 6.45) is 2.89. The highest BCUT2D eigenvalue weighted by Crippen LogP contribution is 2.17. The highest BCUT2D eigenvalue weighted by atomic mass is 14.8. The van der Waals surface area contributed by atoms with Crippen LogP contribution in [0.4, 0.5) is 0 Å². The van der Waals surface area contributed by atoms with E-state index in [1.807, 2.05) is 12.3 Å². The predicted molar refractivity (Wildman–Crippen MR) is 54.2 cm³/mol. The maximum atomic E-state index is 4.52. The summed E-state index contributed by atoms with van der Waals surface area (Å²) in [6.45, 7) is 5.26. The van der Waals surface area contributed by atoms with Gasteiger partial charge in [-0.25, -0.2) is 0 Å². The molecule has 0 amide bonds. The molecule has 0 bridgehead atoms. The van der Waals surface area contributed by atoms with E-state index in [1.165, 1.54) is 11.3 Å². The number of aromatic nitrogens is 1. The molecule has 0 radical (unpaired) electrons. The maximum absolute atomic E-state index is 4.52. The smallest absolute Gasteiger partial charge is 0.0875 e. The number of nitrogens with zero attached hydrogens (tertiary/aromatic N) is 2. The van der Waals surface area contributed by atoms with Crippen LogP contribution in [0.5, 0.6) is 0 Å². The van der Waals surface area contributed by atoms with Crippen LogP contribution in [0.2, 0.25) is 0 Å². The second-order valence-corrected chi connectivity index (χ2v) is 3.68. The Morgan fingerprint density at radius 3 is 3.00 bits per heavy atom. The Morgan fingerprint density at radius 2 is 2.23 bits per heavy atom. The van der Waals surface area contributed by atoms with Crippen LogP contribution in [0.1, 0.15) is 25.1 Å². The molecular weight excluding hydrogens is 160 g/mol. The van der Waals surface area contributed by atoms with Crippen molar-refractivity contribution in [3.63, 3.8) is 0 Å². The van der Waals surface area contributed by atoms with Gasteiger partial charge in [-0.3, -0.25) is 9.98 Å². The van der Waals surface area contributed by atoms with Gasteiger partial charge in [0.15, 0.2) is 0 Å². The van der Waals surface area contributed by atoms with E-state index in [0.29, 0.717) is 5.92 Å². The normalized spacial score (nSPS) is 15.5. The minimum Gasteiger partial charge on any atom is -0.287 e. The van der Waals surface area contributed by atoms with Crippen LogP contribution in [0.15, 0.2) is 23.3 Å². The number of rotatable bonds is 1. The molecule has 2 rings (SSSR count). The van der Waals surface area contributed by atoms with Crippen molar-refractivity contribution in [3.8, 4) is 0 Å². The van der Waals surface area contributed by atoms with E-state index in [-0.39, 0.29) is 0 Å². The third-order valence-corrected chi connectivity index (χ3v) is 2.34. The standard InChI is InChI=1S/C11H14N2/c1-8(2)10-11-9(5-7-13-10)4-3-6-12-11/h3-4,6,8H,5,7H2,1-2H3. The van der Waals surface area contributed by atoms with E-state index in [4.69, 9.17) is 0 Å². The lowest BCUT2D eigenvalue weighted by Crippen LogP contribution is -2.19. The average molecular weight is 174 g/mol. The van der Waals surface area contributed by atoms with Crippen molar-refractivity contribution < 1.29 is 0 Å². The van der Waals surface area contributed by atoms with Crippen LogP contribution >= 0.6 is 0 Å². The summed E-state index contributed by atoms with van der Waals surface area (Å²) in [4.78, 5) is 8.92. The lowest BCUT2D eigenvalue weighted by atomic mass is 9.96. The van der Waals surface area contributed by atoms with Gasteiger partial charge in [0.25, 0.3) is 0 Å². The molecule has 2 nitrogen and oxygen atoms in total. The minimum absolute atomic E-state index is 0.481. The molecule has 0 saturated carbocycles. The first kappa shape index (κ1) is 8.42. The fraction of sp³-hybridized carbons (Fsp3) is 0.455. The molecule has 68 valence electrons. The molecule has 0 saturated heterocycles. The van der Waals surface area contributed by atoms with E-state index in [1.54, 1.807) is 0 Å². The Bertz CT molecular complexity index is 340. The second kappa shape index (κ2) is 3.29. The Balaban J connectivity index is 2.47. The van der Waals surface area contributed by atoms with Gasteiger partial charge in [-0.05, 0) is 24.0 Å². The Labute approximate surface area is 78.7 Å². The third kappa shape index (κ3) is 1.48. The minimum atomic E-state index is 0.481. The lowest BCUT2D eigenvalue weighted by Gasteiger charge is -2.17. The quantitative estimate of drug-likeness (QED) is 0.640. The van der Waals surface area contributed by atoms with E-state index >= 15 is 0 Å². The van der Waals surface area contributed by atoms with Crippen LogP contribution in [0.25, 0.3) is 0 Å². The van der Waals surface area contributed by atoms with Gasteiger partial charge >= 0.3 is 0 Å². The zero-order valence-electron chi connectivity index (χ0n) is 8.12. The summed E-state index contributed by atoms with van der Waals surface area (Å²) in [7, 11) is 0. The van der Waals surface area contributed by atoms with Crippen molar-refractivity contribution in [2.45, 2.75) is 20.3 Å². The van der Waals surface area contributed by atoms with Crippen LogP contribution in [0.3, 0.4) is 0 Å². The molecule has 0 fully saturated rings. The predicted octanol–water partition coefficient (Wildman–Crippen LogP) is 2.08. The van der Waals surface area contributed by atoms with E-state index < -0.39 is 0 Å². The molecule has 2 heteroatoms. The molecule has 1 aromatic heterocycles. The first-order valence-electron chi connectivity index (χ1n) is 4.77. The van der Waals surface area contributed by atoms with Crippen LogP contribution in [-0.4, -0.2) is 17.2 Å². The molecule has 0 aromatic carbocycles. The first-order chi connectivity index (χ1) is 6.29. The summed E-state index contributed by atoms with van der Waals surface area (Å²) >= 11 is 0. The topological polar surface area (TPSA) is 25.2 Å². The SMILES string of the molecule is CC(C)C1=NCCc2cccnc21. The lowest BCUT2D eigenvalue weighted by molar-refractivity contribution is 0.828. The first-order valence-corrected chi connectivity index (χ1v) is 4.77. The average Bonchev–Trinajstić information content (AvgIpc) is 2.17. The number of aliphatic imine (C=N–C) groups is 1. The number of hydrogen-bond acceptors (Lipinski definition) is 2. The third-order valence-electron chi connectivity index (χ3n) is 2.34. The molecule has 13 heavy (non-hydrogen) atoms. The molecule has 1 aromatic rings. The zero-order chi connectivity index (χ0) is 9.26. The van der Waals surface area contributed by atoms with Gasteiger partial charge in [0.05, 0.1) is 11.4 Å². The van der Waals surface area contributed by atoms with Gasteiger partial charge in [-0.1, -0.05) is 19.9 Å². The fourth-order valence-electron chi connectivity index (χ4n) is 1.70. The summed E-state index contributed by atoms with van der Waals surface area (Å²) < 4.78 is 0. The molecule has 0 N–H and O–H groups in total. The van der Waals surface area contributed by atoms with E-state index in [9.17, 15) is 0 Å². The Hall–Kier alpha value is -1.18. The van der Waals surface area contributed by atoms with Crippen molar-refractivity contribution in [1.82, 2.24) is 4.98 Å². The van der Waals surface area contributed by atoms with Gasteiger partial charge in [0.1, 0.15) is 0 Å². The van der Waals surface area contributed by atoms with Gasteiger partial charge < -0.3 is 0 Å². The molecule has 1 aliphatic rings. The van der Waals surface area contributed by atoms with Crippen molar-refractivity contribution in [1.29, 1.82) is 0 Å². The van der Waals surface area contributed by atoms with Gasteiger partial charge in [0, 0.05) is 12.7 Å². The maximum Gasteiger partial charge on any atom is 0.0875 e. The molecule has 0 aliphatic carbocycles. The van der Waals surface area contributed by atoms with Gasteiger partial charge in [0.2, 0.25) is 0 Å². The Morgan fingerprint density at radius 1 is 1.38 bits per heavy atom. The molecule has 2 heterocycles.